The van der Waals surface area contributed by atoms with Gasteiger partial charge in [-0.25, -0.2) is 4.98 Å². The summed E-state index contributed by atoms with van der Waals surface area (Å²) in [4.78, 5) is 17.2. The van der Waals surface area contributed by atoms with Crippen molar-refractivity contribution in [3.8, 4) is 11.3 Å². The largest absolute Gasteiger partial charge is 0.367 e. The quantitative estimate of drug-likeness (QED) is 0.255. The third kappa shape index (κ3) is 5.54. The summed E-state index contributed by atoms with van der Waals surface area (Å²) < 4.78 is 2.95. The van der Waals surface area contributed by atoms with Gasteiger partial charge in [0.1, 0.15) is 5.82 Å². The van der Waals surface area contributed by atoms with E-state index in [4.69, 9.17) is 16.6 Å². The molecule has 0 spiro atoms. The smallest absolute Gasteiger partial charge is 0.223 e. The monoisotopic (exact) mass is 550 g/mol. The molecule has 2 aromatic carbocycles. The Morgan fingerprint density at radius 2 is 1.71 bits per heavy atom. The van der Waals surface area contributed by atoms with Crippen LogP contribution in [-0.2, 0) is 17.9 Å². The molecular formula is C28H28BrClN4O. The highest BCUT2D eigenvalue weighted by atomic mass is 79.9. The highest BCUT2D eigenvalue weighted by Gasteiger charge is 2.20. The Morgan fingerprint density at radius 1 is 1.00 bits per heavy atom. The number of carbonyl (C=O) groups is 1. The predicted molar refractivity (Wildman–Crippen MR) is 146 cm³/mol. The molecule has 180 valence electrons. The molecule has 0 unspecified atom stereocenters. The Labute approximate surface area is 219 Å². The third-order valence-corrected chi connectivity index (χ3v) is 7.61. The van der Waals surface area contributed by atoms with Gasteiger partial charge in [0.2, 0.25) is 5.91 Å². The van der Waals surface area contributed by atoms with Gasteiger partial charge in [-0.15, -0.1) is 0 Å². The standard InChI is InChI=1S/C28H28BrClN4O/c29-23-14-15-34-26(16-25(33-27(23)34)22-8-4-5-9-24(22)30)31-17-19-10-12-20(13-11-19)18-32-28(35)21-6-2-1-3-7-21/h4-5,8-16,21,31H,1-3,6-7,17-18H2,(H,32,35). The number of halogens is 2. The lowest BCUT2D eigenvalue weighted by molar-refractivity contribution is -0.126. The SMILES string of the molecule is O=C(NCc1ccc(CNc2cc(-c3ccccc3Cl)nc3c(Br)ccn23)cc1)C1CCCCC1. The maximum absolute atomic E-state index is 12.4. The number of hydrogen-bond acceptors (Lipinski definition) is 3. The molecule has 2 heterocycles. The van der Waals surface area contributed by atoms with Crippen LogP contribution in [0, 0.1) is 5.92 Å². The number of carbonyl (C=O) groups excluding carboxylic acids is 1. The number of nitrogens with one attached hydrogen (secondary N) is 2. The molecule has 0 bridgehead atoms. The average Bonchev–Trinajstić information content (AvgIpc) is 3.28. The summed E-state index contributed by atoms with van der Waals surface area (Å²) in [5, 5.41) is 7.33. The van der Waals surface area contributed by atoms with Gasteiger partial charge < -0.3 is 10.6 Å². The zero-order valence-corrected chi connectivity index (χ0v) is 21.8. The molecule has 7 heteroatoms. The van der Waals surface area contributed by atoms with E-state index < -0.39 is 0 Å². The molecule has 0 atom stereocenters. The first kappa shape index (κ1) is 23.9. The summed E-state index contributed by atoms with van der Waals surface area (Å²) in [7, 11) is 0. The Bertz CT molecular complexity index is 1330. The zero-order chi connectivity index (χ0) is 24.2. The van der Waals surface area contributed by atoms with E-state index in [1.807, 2.05) is 47.0 Å². The molecule has 1 aliphatic rings. The third-order valence-electron chi connectivity index (χ3n) is 6.66. The Morgan fingerprint density at radius 3 is 2.46 bits per heavy atom. The Balaban J connectivity index is 1.27. The van der Waals surface area contributed by atoms with Gasteiger partial charge in [0.05, 0.1) is 10.2 Å². The molecule has 4 aromatic rings. The molecule has 35 heavy (non-hydrogen) atoms. The molecule has 2 aromatic heterocycles. The molecule has 0 radical (unpaired) electrons. The maximum atomic E-state index is 12.4. The lowest BCUT2D eigenvalue weighted by Gasteiger charge is -2.20. The van der Waals surface area contributed by atoms with E-state index in [2.05, 4.69) is 50.8 Å². The van der Waals surface area contributed by atoms with E-state index in [0.717, 1.165) is 51.2 Å². The lowest BCUT2D eigenvalue weighted by atomic mass is 9.88. The second-order valence-electron chi connectivity index (χ2n) is 9.09. The maximum Gasteiger partial charge on any atom is 0.223 e. The first-order valence-electron chi connectivity index (χ1n) is 12.1. The lowest BCUT2D eigenvalue weighted by Crippen LogP contribution is -2.31. The van der Waals surface area contributed by atoms with E-state index in [1.165, 1.54) is 19.3 Å². The fraction of sp³-hybridized carbons (Fsp3) is 0.286. The van der Waals surface area contributed by atoms with Crippen LogP contribution in [0.4, 0.5) is 5.82 Å². The highest BCUT2D eigenvalue weighted by Crippen LogP contribution is 2.31. The molecule has 1 amide bonds. The van der Waals surface area contributed by atoms with Crippen LogP contribution in [0.25, 0.3) is 16.9 Å². The topological polar surface area (TPSA) is 58.4 Å². The van der Waals surface area contributed by atoms with Crippen molar-refractivity contribution < 1.29 is 4.79 Å². The summed E-state index contributed by atoms with van der Waals surface area (Å²) in [5.41, 5.74) is 4.80. The van der Waals surface area contributed by atoms with Crippen molar-refractivity contribution in [1.29, 1.82) is 0 Å². The van der Waals surface area contributed by atoms with E-state index in [-0.39, 0.29) is 11.8 Å². The second-order valence-corrected chi connectivity index (χ2v) is 10.3. The van der Waals surface area contributed by atoms with E-state index in [0.29, 0.717) is 18.1 Å². The van der Waals surface area contributed by atoms with Crippen molar-refractivity contribution >= 4 is 44.9 Å². The van der Waals surface area contributed by atoms with Crippen molar-refractivity contribution in [2.75, 3.05) is 5.32 Å². The van der Waals surface area contributed by atoms with Gasteiger partial charge in [-0.3, -0.25) is 9.20 Å². The molecule has 2 N–H and O–H groups in total. The van der Waals surface area contributed by atoms with Gasteiger partial charge in [0.25, 0.3) is 0 Å². The second kappa shape index (κ2) is 10.8. The molecule has 1 aliphatic carbocycles. The first-order chi connectivity index (χ1) is 17.1. The minimum Gasteiger partial charge on any atom is -0.367 e. The summed E-state index contributed by atoms with van der Waals surface area (Å²) in [5.74, 6) is 1.32. The van der Waals surface area contributed by atoms with Gasteiger partial charge in [0, 0.05) is 41.9 Å². The Kier molecular flexibility index (Phi) is 7.40. The number of aromatic nitrogens is 2. The summed E-state index contributed by atoms with van der Waals surface area (Å²) in [6.45, 7) is 1.23. The van der Waals surface area contributed by atoms with Crippen molar-refractivity contribution in [2.45, 2.75) is 45.2 Å². The molecule has 0 saturated heterocycles. The van der Waals surface area contributed by atoms with Crippen LogP contribution in [0.2, 0.25) is 5.02 Å². The normalized spacial score (nSPS) is 14.2. The van der Waals surface area contributed by atoms with Crippen LogP contribution in [0.1, 0.15) is 43.2 Å². The number of benzene rings is 2. The van der Waals surface area contributed by atoms with Crippen molar-refractivity contribution in [3.05, 3.63) is 87.5 Å². The highest BCUT2D eigenvalue weighted by molar-refractivity contribution is 9.10. The van der Waals surface area contributed by atoms with Gasteiger partial charge in [-0.2, -0.15) is 0 Å². The van der Waals surface area contributed by atoms with Crippen LogP contribution in [0.5, 0.6) is 0 Å². The first-order valence-corrected chi connectivity index (χ1v) is 13.3. The predicted octanol–water partition coefficient (Wildman–Crippen LogP) is 7.23. The zero-order valence-electron chi connectivity index (χ0n) is 19.4. The number of nitrogens with zero attached hydrogens (tertiary/aromatic N) is 2. The van der Waals surface area contributed by atoms with E-state index >= 15 is 0 Å². The van der Waals surface area contributed by atoms with E-state index in [1.54, 1.807) is 0 Å². The summed E-state index contributed by atoms with van der Waals surface area (Å²) in [6, 6.07) is 20.1. The summed E-state index contributed by atoms with van der Waals surface area (Å²) >= 11 is 10.1. The molecule has 0 aliphatic heterocycles. The van der Waals surface area contributed by atoms with Crippen LogP contribution in [0.3, 0.4) is 0 Å². The minimum atomic E-state index is 0.189. The number of rotatable bonds is 7. The molecule has 1 fully saturated rings. The number of amides is 1. The number of anilines is 1. The molecular weight excluding hydrogens is 524 g/mol. The average molecular weight is 552 g/mol. The fourth-order valence-corrected chi connectivity index (χ4v) is 5.29. The van der Waals surface area contributed by atoms with Gasteiger partial charge in [0.15, 0.2) is 5.65 Å². The van der Waals surface area contributed by atoms with Crippen LogP contribution < -0.4 is 10.6 Å². The van der Waals surface area contributed by atoms with Gasteiger partial charge in [-0.05, 0) is 52.0 Å². The van der Waals surface area contributed by atoms with Crippen molar-refractivity contribution in [1.82, 2.24) is 14.7 Å². The molecule has 5 nitrogen and oxygen atoms in total. The van der Waals surface area contributed by atoms with E-state index in [9.17, 15) is 4.79 Å². The molecule has 5 rings (SSSR count). The fourth-order valence-electron chi connectivity index (χ4n) is 4.66. The van der Waals surface area contributed by atoms with Crippen LogP contribution >= 0.6 is 27.5 Å². The Hall–Kier alpha value is -2.83. The van der Waals surface area contributed by atoms with Crippen LogP contribution in [-0.4, -0.2) is 15.3 Å². The van der Waals surface area contributed by atoms with Crippen molar-refractivity contribution in [2.24, 2.45) is 5.92 Å². The van der Waals surface area contributed by atoms with Gasteiger partial charge in [-0.1, -0.05) is 73.3 Å². The summed E-state index contributed by atoms with van der Waals surface area (Å²) in [6.07, 6.45) is 7.63. The minimum absolute atomic E-state index is 0.189. The molecule has 1 saturated carbocycles. The van der Waals surface area contributed by atoms with Gasteiger partial charge >= 0.3 is 0 Å². The van der Waals surface area contributed by atoms with Crippen molar-refractivity contribution in [3.63, 3.8) is 0 Å². The number of hydrogen-bond donors (Lipinski definition) is 2. The van der Waals surface area contributed by atoms with Crippen LogP contribution in [0.15, 0.2) is 71.3 Å². The number of fused-ring (bicyclic) bond motifs is 1.